The number of hydrogen-bond donors (Lipinski definition) is 2. The Morgan fingerprint density at radius 2 is 1.63 bits per heavy atom. The molecule has 5 nitrogen and oxygen atoms in total. The first kappa shape index (κ1) is 19.7. The van der Waals surface area contributed by atoms with Gasteiger partial charge in [0.1, 0.15) is 11.4 Å². The van der Waals surface area contributed by atoms with Crippen LogP contribution in [0.25, 0.3) is 0 Å². The van der Waals surface area contributed by atoms with E-state index in [0.29, 0.717) is 5.56 Å². The van der Waals surface area contributed by atoms with Crippen LogP contribution in [0.3, 0.4) is 0 Å². The number of benzene rings is 2. The monoisotopic (exact) mass is 401 g/mol. The topological polar surface area (TPSA) is 75.6 Å². The fourth-order valence-electron chi connectivity index (χ4n) is 2.88. The van der Waals surface area contributed by atoms with Gasteiger partial charge in [-0.15, -0.1) is 13.2 Å². The normalized spacial score (nSPS) is 17.3. The third-order valence-electron chi connectivity index (χ3n) is 4.43. The lowest BCUT2D eigenvalue weighted by Crippen LogP contribution is -2.42. The number of nitrogens with one attached hydrogen (secondary N) is 1. The zero-order chi connectivity index (χ0) is 19.7. The highest BCUT2D eigenvalue weighted by Crippen LogP contribution is 2.45. The van der Waals surface area contributed by atoms with Crippen LogP contribution in [0.2, 0.25) is 0 Å². The molecule has 0 aliphatic heterocycles. The van der Waals surface area contributed by atoms with Crippen molar-refractivity contribution in [3.8, 4) is 5.75 Å². The van der Waals surface area contributed by atoms with E-state index in [-0.39, 0.29) is 17.4 Å². The smallest absolute Gasteiger partial charge is 0.406 e. The van der Waals surface area contributed by atoms with Crippen molar-refractivity contribution < 1.29 is 31.4 Å². The maximum absolute atomic E-state index is 12.5. The predicted octanol–water partition coefficient (Wildman–Crippen LogP) is 3.16. The van der Waals surface area contributed by atoms with Gasteiger partial charge in [-0.2, -0.15) is 0 Å². The molecule has 27 heavy (non-hydrogen) atoms. The SMILES string of the molecule is O=S(=O)(NC[C@@](O)(c1ccccc1)C1CC1)c1ccc(OC(F)(F)F)cc1. The summed E-state index contributed by atoms with van der Waals surface area (Å²) in [6, 6.07) is 12.7. The van der Waals surface area contributed by atoms with Gasteiger partial charge >= 0.3 is 6.36 Å². The quantitative estimate of drug-likeness (QED) is 0.747. The molecule has 0 radical (unpaired) electrons. The van der Waals surface area contributed by atoms with E-state index in [1.165, 1.54) is 0 Å². The van der Waals surface area contributed by atoms with Crippen molar-refractivity contribution in [3.05, 3.63) is 60.2 Å². The molecule has 2 N–H and O–H groups in total. The van der Waals surface area contributed by atoms with Crippen LogP contribution in [0.1, 0.15) is 18.4 Å². The highest BCUT2D eigenvalue weighted by Gasteiger charge is 2.45. The number of alkyl halides is 3. The molecule has 146 valence electrons. The van der Waals surface area contributed by atoms with Crippen molar-refractivity contribution in [2.75, 3.05) is 6.54 Å². The summed E-state index contributed by atoms with van der Waals surface area (Å²) in [6.07, 6.45) is -3.28. The molecule has 0 spiro atoms. The molecule has 0 amide bonds. The number of ether oxygens (including phenoxy) is 1. The van der Waals surface area contributed by atoms with Crippen molar-refractivity contribution in [2.45, 2.75) is 29.7 Å². The van der Waals surface area contributed by atoms with Crippen molar-refractivity contribution in [3.63, 3.8) is 0 Å². The lowest BCUT2D eigenvalue weighted by atomic mass is 9.89. The van der Waals surface area contributed by atoms with Gasteiger partial charge in [0.25, 0.3) is 0 Å². The van der Waals surface area contributed by atoms with Crippen molar-refractivity contribution in [2.24, 2.45) is 5.92 Å². The maximum atomic E-state index is 12.5. The molecule has 0 unspecified atom stereocenters. The van der Waals surface area contributed by atoms with Gasteiger partial charge in [0.05, 0.1) is 4.90 Å². The van der Waals surface area contributed by atoms with Crippen LogP contribution < -0.4 is 9.46 Å². The molecular formula is C18H18F3NO4S. The van der Waals surface area contributed by atoms with Gasteiger partial charge in [0.2, 0.25) is 10.0 Å². The summed E-state index contributed by atoms with van der Waals surface area (Å²) in [4.78, 5) is -0.219. The molecule has 2 aromatic carbocycles. The van der Waals surface area contributed by atoms with E-state index in [0.717, 1.165) is 37.1 Å². The van der Waals surface area contributed by atoms with Crippen LogP contribution in [0.5, 0.6) is 5.75 Å². The van der Waals surface area contributed by atoms with E-state index in [1.54, 1.807) is 30.3 Å². The summed E-state index contributed by atoms with van der Waals surface area (Å²) in [7, 11) is -4.01. The van der Waals surface area contributed by atoms with Gasteiger partial charge < -0.3 is 9.84 Å². The Labute approximate surface area is 154 Å². The second-order valence-corrected chi connectivity index (χ2v) is 8.18. The summed E-state index contributed by atoms with van der Waals surface area (Å²) in [5.74, 6) is -0.564. The highest BCUT2D eigenvalue weighted by atomic mass is 32.2. The second kappa shape index (κ2) is 7.14. The van der Waals surface area contributed by atoms with Crippen LogP contribution in [-0.2, 0) is 15.6 Å². The van der Waals surface area contributed by atoms with Crippen molar-refractivity contribution in [1.82, 2.24) is 4.72 Å². The molecule has 0 saturated heterocycles. The molecule has 0 aromatic heterocycles. The molecule has 0 heterocycles. The van der Waals surface area contributed by atoms with Crippen molar-refractivity contribution >= 4 is 10.0 Å². The zero-order valence-corrected chi connectivity index (χ0v) is 14.9. The fraction of sp³-hybridized carbons (Fsp3) is 0.333. The molecule has 3 rings (SSSR count). The molecule has 2 aromatic rings. The van der Waals surface area contributed by atoms with Gasteiger partial charge in [0.15, 0.2) is 0 Å². The molecular weight excluding hydrogens is 383 g/mol. The second-order valence-electron chi connectivity index (χ2n) is 6.41. The average Bonchev–Trinajstić information content (AvgIpc) is 3.45. The summed E-state index contributed by atoms with van der Waals surface area (Å²) in [5, 5.41) is 11.0. The van der Waals surface area contributed by atoms with E-state index in [4.69, 9.17) is 0 Å². The minimum absolute atomic E-state index is 0.0508. The maximum Gasteiger partial charge on any atom is 0.573 e. The minimum atomic E-state index is -4.85. The van der Waals surface area contributed by atoms with Crippen molar-refractivity contribution in [1.29, 1.82) is 0 Å². The summed E-state index contributed by atoms with van der Waals surface area (Å²) < 4.78 is 67.6. The number of rotatable bonds is 7. The minimum Gasteiger partial charge on any atom is -0.406 e. The fourth-order valence-corrected chi connectivity index (χ4v) is 3.95. The summed E-state index contributed by atoms with van der Waals surface area (Å²) in [6.45, 7) is -0.231. The van der Waals surface area contributed by atoms with Crippen LogP contribution in [0.4, 0.5) is 13.2 Å². The zero-order valence-electron chi connectivity index (χ0n) is 14.1. The standard InChI is InChI=1S/C18H18F3NO4S/c19-18(20,21)26-15-8-10-16(11-9-15)27(24,25)22-12-17(23,14-6-7-14)13-4-2-1-3-5-13/h1-5,8-11,14,22-23H,6-7,12H2/t17-/m1/s1. The molecule has 1 atom stereocenters. The number of aliphatic hydroxyl groups is 1. The molecule has 9 heteroatoms. The molecule has 1 aliphatic carbocycles. The first-order valence-electron chi connectivity index (χ1n) is 8.23. The molecule has 1 saturated carbocycles. The Morgan fingerprint density at radius 1 is 1.04 bits per heavy atom. The van der Waals surface area contributed by atoms with Gasteiger partial charge in [0, 0.05) is 6.54 Å². The molecule has 0 bridgehead atoms. The first-order chi connectivity index (χ1) is 12.6. The van der Waals surface area contributed by atoms with Crippen LogP contribution in [-0.4, -0.2) is 26.4 Å². The van der Waals surface area contributed by atoms with E-state index >= 15 is 0 Å². The van der Waals surface area contributed by atoms with Gasteiger partial charge in [-0.3, -0.25) is 0 Å². The van der Waals surface area contributed by atoms with Gasteiger partial charge in [-0.1, -0.05) is 30.3 Å². The van der Waals surface area contributed by atoms with Crippen LogP contribution >= 0.6 is 0 Å². The predicted molar refractivity (Wildman–Crippen MR) is 91.4 cm³/mol. The summed E-state index contributed by atoms with van der Waals surface area (Å²) >= 11 is 0. The first-order valence-corrected chi connectivity index (χ1v) is 9.72. The van der Waals surface area contributed by atoms with Crippen LogP contribution in [0, 0.1) is 5.92 Å². The summed E-state index contributed by atoms with van der Waals surface area (Å²) in [5.41, 5.74) is -0.725. The van der Waals surface area contributed by atoms with E-state index in [2.05, 4.69) is 9.46 Å². The van der Waals surface area contributed by atoms with Gasteiger partial charge in [-0.05, 0) is 48.6 Å². The number of halogens is 3. The third-order valence-corrected chi connectivity index (χ3v) is 5.84. The largest absolute Gasteiger partial charge is 0.573 e. The molecule has 1 fully saturated rings. The highest BCUT2D eigenvalue weighted by molar-refractivity contribution is 7.89. The Morgan fingerprint density at radius 3 is 2.15 bits per heavy atom. The van der Waals surface area contributed by atoms with Crippen LogP contribution in [0.15, 0.2) is 59.5 Å². The Balaban J connectivity index is 1.74. The van der Waals surface area contributed by atoms with E-state index in [1.807, 2.05) is 0 Å². The van der Waals surface area contributed by atoms with E-state index in [9.17, 15) is 26.7 Å². The van der Waals surface area contributed by atoms with E-state index < -0.39 is 27.7 Å². The Bertz CT molecular complexity index is 881. The molecule has 1 aliphatic rings. The average molecular weight is 401 g/mol. The Hall–Kier alpha value is -2.10. The number of hydrogen-bond acceptors (Lipinski definition) is 4. The Kier molecular flexibility index (Phi) is 5.20. The van der Waals surface area contributed by atoms with Gasteiger partial charge in [-0.25, -0.2) is 13.1 Å². The number of sulfonamides is 1. The lowest BCUT2D eigenvalue weighted by molar-refractivity contribution is -0.274. The lowest BCUT2D eigenvalue weighted by Gasteiger charge is -2.29. The third kappa shape index (κ3) is 4.79.